The molecule has 0 saturated carbocycles. The van der Waals surface area contributed by atoms with Crippen molar-refractivity contribution in [3.05, 3.63) is 53.7 Å². The zero-order valence-electron chi connectivity index (χ0n) is 13.4. The Hall–Kier alpha value is -2.98. The summed E-state index contributed by atoms with van der Waals surface area (Å²) in [5, 5.41) is 2.47. The van der Waals surface area contributed by atoms with Gasteiger partial charge in [-0.05, 0) is 35.9 Å². The summed E-state index contributed by atoms with van der Waals surface area (Å²) in [7, 11) is 0. The second-order valence-corrected chi connectivity index (χ2v) is 5.16. The summed E-state index contributed by atoms with van der Waals surface area (Å²) in [6.07, 6.45) is -8.12. The average molecular weight is 394 g/mol. The Balaban J connectivity index is 1.91. The Morgan fingerprint density at radius 1 is 1.04 bits per heavy atom. The van der Waals surface area contributed by atoms with Gasteiger partial charge in [-0.3, -0.25) is 4.79 Å². The van der Waals surface area contributed by atoms with Crippen LogP contribution in [0.5, 0.6) is 11.6 Å². The van der Waals surface area contributed by atoms with E-state index in [4.69, 9.17) is 0 Å². The number of nitrogens with one attached hydrogen (secondary N) is 1. The molecule has 0 fully saturated rings. The molecule has 0 aliphatic heterocycles. The molecule has 27 heavy (non-hydrogen) atoms. The molecule has 146 valence electrons. The Bertz CT molecular complexity index is 775. The summed E-state index contributed by atoms with van der Waals surface area (Å²) in [6.45, 7) is -1.55. The lowest BCUT2D eigenvalue weighted by Gasteiger charge is -2.10. The predicted molar refractivity (Wildman–Crippen MR) is 80.1 cm³/mol. The summed E-state index contributed by atoms with van der Waals surface area (Å²) < 4.78 is 80.8. The van der Waals surface area contributed by atoms with Crippen LogP contribution < -0.4 is 14.8 Å². The second kappa shape index (κ2) is 8.14. The van der Waals surface area contributed by atoms with Gasteiger partial charge in [0.1, 0.15) is 5.75 Å². The Morgan fingerprint density at radius 2 is 1.70 bits per heavy atom. The van der Waals surface area contributed by atoms with Gasteiger partial charge in [-0.2, -0.15) is 13.2 Å². The van der Waals surface area contributed by atoms with Gasteiger partial charge in [0.15, 0.2) is 6.61 Å². The van der Waals surface area contributed by atoms with Gasteiger partial charge in [-0.25, -0.2) is 4.98 Å². The Kier molecular flexibility index (Phi) is 6.13. The summed E-state index contributed by atoms with van der Waals surface area (Å²) in [5.41, 5.74) is 0.500. The van der Waals surface area contributed by atoms with E-state index in [1.54, 1.807) is 0 Å². The first kappa shape index (κ1) is 20.3. The standard InChI is InChI=1S/C16H12F6N2O3/c17-15(18,19)9-26-13-7-10(5-6-23-13)8-24-14(25)11-1-3-12(4-2-11)27-16(20,21)22/h1-7H,8-9H2,(H,24,25). The molecular weight excluding hydrogens is 382 g/mol. The smallest absolute Gasteiger partial charge is 0.468 e. The van der Waals surface area contributed by atoms with Gasteiger partial charge in [0, 0.05) is 24.4 Å². The van der Waals surface area contributed by atoms with Crippen molar-refractivity contribution in [3.63, 3.8) is 0 Å². The second-order valence-electron chi connectivity index (χ2n) is 5.16. The molecule has 1 N–H and O–H groups in total. The fourth-order valence-corrected chi connectivity index (χ4v) is 1.89. The minimum Gasteiger partial charge on any atom is -0.468 e. The van der Waals surface area contributed by atoms with E-state index in [2.05, 4.69) is 19.8 Å². The van der Waals surface area contributed by atoms with Crippen LogP contribution in [-0.2, 0) is 6.54 Å². The number of carbonyl (C=O) groups excluding carboxylic acids is 1. The van der Waals surface area contributed by atoms with Gasteiger partial charge in [-0.1, -0.05) is 0 Å². The minimum absolute atomic E-state index is 0.0511. The maximum absolute atomic E-state index is 12.1. The molecule has 1 heterocycles. The highest BCUT2D eigenvalue weighted by atomic mass is 19.4. The first-order valence-corrected chi connectivity index (χ1v) is 7.30. The number of nitrogens with zero attached hydrogens (tertiary/aromatic N) is 1. The number of amides is 1. The molecule has 0 atom stereocenters. The minimum atomic E-state index is -4.84. The topological polar surface area (TPSA) is 60.5 Å². The number of alkyl halides is 6. The molecule has 0 saturated heterocycles. The molecule has 0 aliphatic carbocycles. The number of benzene rings is 1. The number of carbonyl (C=O) groups is 1. The SMILES string of the molecule is O=C(NCc1ccnc(OCC(F)(F)F)c1)c1ccc(OC(F)(F)F)cc1. The largest absolute Gasteiger partial charge is 0.573 e. The van der Waals surface area contributed by atoms with Crippen molar-refractivity contribution in [1.29, 1.82) is 0 Å². The molecule has 0 aliphatic rings. The van der Waals surface area contributed by atoms with Gasteiger partial charge < -0.3 is 14.8 Å². The maximum Gasteiger partial charge on any atom is 0.573 e. The van der Waals surface area contributed by atoms with Crippen LogP contribution in [0.3, 0.4) is 0 Å². The van der Waals surface area contributed by atoms with Gasteiger partial charge in [0.25, 0.3) is 5.91 Å². The summed E-state index contributed by atoms with van der Waals surface area (Å²) in [5.74, 6) is -1.32. The summed E-state index contributed by atoms with van der Waals surface area (Å²) >= 11 is 0. The van der Waals surface area contributed by atoms with Crippen LogP contribution in [0.4, 0.5) is 26.3 Å². The van der Waals surface area contributed by atoms with Crippen molar-refractivity contribution in [2.45, 2.75) is 19.1 Å². The fraction of sp³-hybridized carbons (Fsp3) is 0.250. The van der Waals surface area contributed by atoms with Crippen LogP contribution in [0.2, 0.25) is 0 Å². The number of halogens is 6. The molecule has 11 heteroatoms. The lowest BCUT2D eigenvalue weighted by atomic mass is 10.2. The van der Waals surface area contributed by atoms with Crippen LogP contribution >= 0.6 is 0 Å². The van der Waals surface area contributed by atoms with E-state index in [0.29, 0.717) is 5.56 Å². The highest BCUT2D eigenvalue weighted by Gasteiger charge is 2.31. The van der Waals surface area contributed by atoms with Crippen LogP contribution in [0.1, 0.15) is 15.9 Å². The van der Waals surface area contributed by atoms with Crippen molar-refractivity contribution in [2.75, 3.05) is 6.61 Å². The Morgan fingerprint density at radius 3 is 2.30 bits per heavy atom. The third-order valence-electron chi connectivity index (χ3n) is 2.99. The average Bonchev–Trinajstić information content (AvgIpc) is 2.57. The number of aromatic nitrogens is 1. The first-order valence-electron chi connectivity index (χ1n) is 7.30. The zero-order valence-corrected chi connectivity index (χ0v) is 13.4. The number of pyridine rings is 1. The normalized spacial score (nSPS) is 11.8. The van der Waals surface area contributed by atoms with Crippen molar-refractivity contribution >= 4 is 5.91 Å². The van der Waals surface area contributed by atoms with Crippen molar-refractivity contribution in [2.24, 2.45) is 0 Å². The van der Waals surface area contributed by atoms with E-state index in [0.717, 1.165) is 24.3 Å². The van der Waals surface area contributed by atoms with Crippen LogP contribution in [0.25, 0.3) is 0 Å². The Labute approximate surface area is 148 Å². The van der Waals surface area contributed by atoms with E-state index in [9.17, 15) is 31.1 Å². The van der Waals surface area contributed by atoms with Crippen molar-refractivity contribution < 1.29 is 40.6 Å². The van der Waals surface area contributed by atoms with E-state index in [1.807, 2.05) is 0 Å². The van der Waals surface area contributed by atoms with Gasteiger partial charge in [0.2, 0.25) is 5.88 Å². The fourth-order valence-electron chi connectivity index (χ4n) is 1.89. The quantitative estimate of drug-likeness (QED) is 0.757. The molecular formula is C16H12F6N2O3. The van der Waals surface area contributed by atoms with Gasteiger partial charge in [0.05, 0.1) is 0 Å². The predicted octanol–water partition coefficient (Wildman–Crippen LogP) is 3.85. The molecule has 5 nitrogen and oxygen atoms in total. The molecule has 0 radical (unpaired) electrons. The number of hydrogen-bond donors (Lipinski definition) is 1. The number of ether oxygens (including phenoxy) is 2. The zero-order chi connectivity index (χ0) is 20.1. The van der Waals surface area contributed by atoms with Crippen LogP contribution in [0.15, 0.2) is 42.6 Å². The monoisotopic (exact) mass is 394 g/mol. The first-order chi connectivity index (χ1) is 12.5. The van der Waals surface area contributed by atoms with E-state index >= 15 is 0 Å². The molecule has 0 bridgehead atoms. The molecule has 1 amide bonds. The highest BCUT2D eigenvalue weighted by Crippen LogP contribution is 2.23. The molecule has 0 unspecified atom stereocenters. The van der Waals surface area contributed by atoms with E-state index in [1.165, 1.54) is 18.3 Å². The van der Waals surface area contributed by atoms with Gasteiger partial charge in [-0.15, -0.1) is 13.2 Å². The number of hydrogen-bond acceptors (Lipinski definition) is 4. The molecule has 1 aromatic carbocycles. The number of rotatable bonds is 6. The van der Waals surface area contributed by atoms with Crippen LogP contribution in [-0.4, -0.2) is 30.0 Å². The van der Waals surface area contributed by atoms with Crippen molar-refractivity contribution in [1.82, 2.24) is 10.3 Å². The van der Waals surface area contributed by atoms with E-state index in [-0.39, 0.29) is 18.0 Å². The van der Waals surface area contributed by atoms with Gasteiger partial charge >= 0.3 is 12.5 Å². The lowest BCUT2D eigenvalue weighted by molar-refractivity contribution is -0.274. The summed E-state index contributed by atoms with van der Waals surface area (Å²) in [4.78, 5) is 15.6. The molecule has 0 spiro atoms. The van der Waals surface area contributed by atoms with Crippen LogP contribution in [0, 0.1) is 0 Å². The molecule has 2 aromatic rings. The third kappa shape index (κ3) is 7.42. The lowest BCUT2D eigenvalue weighted by Crippen LogP contribution is -2.23. The highest BCUT2D eigenvalue weighted by molar-refractivity contribution is 5.94. The molecule has 2 rings (SSSR count). The maximum atomic E-state index is 12.1. The summed E-state index contributed by atoms with van der Waals surface area (Å²) in [6, 6.07) is 6.94. The molecule has 1 aromatic heterocycles. The third-order valence-corrected chi connectivity index (χ3v) is 2.99. The van der Waals surface area contributed by atoms with E-state index < -0.39 is 30.8 Å². The van der Waals surface area contributed by atoms with Crippen molar-refractivity contribution in [3.8, 4) is 11.6 Å².